The topological polar surface area (TPSA) is 0 Å². The van der Waals surface area contributed by atoms with Gasteiger partial charge in [-0.05, 0) is 69.0 Å². The first-order valence-corrected chi connectivity index (χ1v) is 10.2. The van der Waals surface area contributed by atoms with Crippen molar-refractivity contribution in [2.24, 2.45) is 0 Å². The van der Waals surface area contributed by atoms with Crippen molar-refractivity contribution in [1.29, 1.82) is 0 Å². The molecule has 0 amide bonds. The normalized spacial score (nSPS) is 12.5. The minimum atomic E-state index is 0.103. The minimum absolute atomic E-state index is 0.103. The average molecular weight is 351 g/mol. The highest BCUT2D eigenvalue weighted by Gasteiger charge is 2.31. The molecule has 0 aromatic heterocycles. The Kier molecular flexibility index (Phi) is 6.06. The van der Waals surface area contributed by atoms with Crippen LogP contribution in [-0.4, -0.2) is 0 Å². The van der Waals surface area contributed by atoms with Crippen LogP contribution in [0.3, 0.4) is 0 Å². The van der Waals surface area contributed by atoms with Crippen LogP contribution in [0.1, 0.15) is 108 Å². The van der Waals surface area contributed by atoms with E-state index in [2.05, 4.69) is 99.6 Å². The van der Waals surface area contributed by atoms with E-state index in [4.69, 9.17) is 0 Å². The van der Waals surface area contributed by atoms with Gasteiger partial charge < -0.3 is 0 Å². The zero-order chi connectivity index (χ0) is 19.8. The van der Waals surface area contributed by atoms with Gasteiger partial charge in [0.1, 0.15) is 0 Å². The number of hydrogen-bond acceptors (Lipinski definition) is 0. The van der Waals surface area contributed by atoms with Gasteiger partial charge in [0, 0.05) is 0 Å². The Balaban J connectivity index is 3.16. The van der Waals surface area contributed by atoms with Crippen LogP contribution in [0.2, 0.25) is 0 Å². The lowest BCUT2D eigenvalue weighted by Gasteiger charge is -2.36. The molecule has 0 radical (unpaired) electrons. The van der Waals surface area contributed by atoms with Gasteiger partial charge in [0.2, 0.25) is 0 Å². The Morgan fingerprint density at radius 3 is 1.50 bits per heavy atom. The summed E-state index contributed by atoms with van der Waals surface area (Å²) in [6.07, 6.45) is 0. The molecule has 2 rings (SSSR count). The highest BCUT2D eigenvalue weighted by Crippen LogP contribution is 2.47. The second kappa shape index (κ2) is 7.59. The molecule has 2 aromatic rings. The molecule has 0 aliphatic carbocycles. The van der Waals surface area contributed by atoms with Gasteiger partial charge in [-0.3, -0.25) is 0 Å². The molecule has 0 aliphatic heterocycles. The first-order valence-electron chi connectivity index (χ1n) is 10.2. The van der Waals surface area contributed by atoms with Gasteiger partial charge in [-0.2, -0.15) is 0 Å². The Morgan fingerprint density at radius 2 is 1.12 bits per heavy atom. The fourth-order valence-electron chi connectivity index (χ4n) is 4.69. The molecule has 142 valence electrons. The van der Waals surface area contributed by atoms with Crippen molar-refractivity contribution in [3.63, 3.8) is 0 Å². The molecule has 0 unspecified atom stereocenters. The second-order valence-electron chi connectivity index (χ2n) is 9.70. The molecule has 0 aliphatic rings. The zero-order valence-corrected chi connectivity index (χ0v) is 18.6. The van der Waals surface area contributed by atoms with Crippen LogP contribution in [-0.2, 0) is 5.41 Å². The monoisotopic (exact) mass is 350 g/mol. The molecule has 26 heavy (non-hydrogen) atoms. The first-order chi connectivity index (χ1) is 12.0. The summed E-state index contributed by atoms with van der Waals surface area (Å²) < 4.78 is 0. The fourth-order valence-corrected chi connectivity index (χ4v) is 4.69. The standard InChI is InChI=1S/C26H38/c1-16(2)21-19(7)22(17(3)4)24(20-14-12-11-13-15-20)25(26(8,9)10)23(21)18(5)6/h11-18H,1-10H3. The maximum Gasteiger partial charge on any atom is -0.0106 e. The van der Waals surface area contributed by atoms with Gasteiger partial charge in [0.25, 0.3) is 0 Å². The van der Waals surface area contributed by atoms with Crippen LogP contribution < -0.4 is 0 Å². The molecule has 0 fully saturated rings. The average Bonchev–Trinajstić information content (AvgIpc) is 2.52. The van der Waals surface area contributed by atoms with Crippen LogP contribution in [0.5, 0.6) is 0 Å². The van der Waals surface area contributed by atoms with E-state index < -0.39 is 0 Å². The molecule has 2 aromatic carbocycles. The summed E-state index contributed by atoms with van der Waals surface area (Å²) in [5.74, 6) is 1.56. The molecule has 0 atom stereocenters. The van der Waals surface area contributed by atoms with E-state index in [-0.39, 0.29) is 5.41 Å². The van der Waals surface area contributed by atoms with E-state index in [9.17, 15) is 0 Å². The lowest BCUT2D eigenvalue weighted by molar-refractivity contribution is 0.572. The maximum absolute atomic E-state index is 2.38. The lowest BCUT2D eigenvalue weighted by atomic mass is 9.68. The van der Waals surface area contributed by atoms with Gasteiger partial charge in [-0.15, -0.1) is 0 Å². The van der Waals surface area contributed by atoms with Crippen LogP contribution in [0.4, 0.5) is 0 Å². The molecule has 0 bridgehead atoms. The van der Waals surface area contributed by atoms with Gasteiger partial charge in [-0.25, -0.2) is 0 Å². The van der Waals surface area contributed by atoms with Gasteiger partial charge in [-0.1, -0.05) is 92.6 Å². The van der Waals surface area contributed by atoms with Gasteiger partial charge >= 0.3 is 0 Å². The predicted octanol–water partition coefficient (Wildman–Crippen LogP) is 8.33. The molecular formula is C26H38. The third kappa shape index (κ3) is 3.75. The summed E-state index contributed by atoms with van der Waals surface area (Å²) in [4.78, 5) is 0. The largest absolute Gasteiger partial charge is 0.0622 e. The third-order valence-electron chi connectivity index (χ3n) is 5.43. The SMILES string of the molecule is Cc1c(C(C)C)c(-c2ccccc2)c(C(C)(C)C)c(C(C)C)c1C(C)C. The van der Waals surface area contributed by atoms with Crippen molar-refractivity contribution in [2.45, 2.75) is 92.4 Å². The summed E-state index contributed by atoms with van der Waals surface area (Å²) in [5, 5.41) is 0. The highest BCUT2D eigenvalue weighted by molar-refractivity contribution is 5.78. The summed E-state index contributed by atoms with van der Waals surface area (Å²) >= 11 is 0. The molecule has 0 saturated carbocycles. The third-order valence-corrected chi connectivity index (χ3v) is 5.43. The van der Waals surface area contributed by atoms with Crippen LogP contribution >= 0.6 is 0 Å². The summed E-state index contributed by atoms with van der Waals surface area (Å²) in [6, 6.07) is 11.0. The Bertz CT molecular complexity index is 753. The Hall–Kier alpha value is -1.56. The summed E-state index contributed by atoms with van der Waals surface area (Å²) in [5.41, 5.74) is 10.7. The van der Waals surface area contributed by atoms with E-state index in [1.807, 2.05) is 0 Å². The van der Waals surface area contributed by atoms with Crippen molar-refractivity contribution >= 4 is 0 Å². The van der Waals surface area contributed by atoms with Crippen LogP contribution in [0, 0.1) is 6.92 Å². The second-order valence-corrected chi connectivity index (χ2v) is 9.70. The Labute approximate surface area is 162 Å². The smallest absolute Gasteiger partial charge is 0.0106 e. The number of rotatable bonds is 4. The zero-order valence-electron chi connectivity index (χ0n) is 18.6. The quantitative estimate of drug-likeness (QED) is 0.520. The van der Waals surface area contributed by atoms with E-state index in [0.29, 0.717) is 17.8 Å². The minimum Gasteiger partial charge on any atom is -0.0622 e. The van der Waals surface area contributed by atoms with Crippen molar-refractivity contribution in [3.8, 4) is 11.1 Å². The van der Waals surface area contributed by atoms with Crippen LogP contribution in [0.25, 0.3) is 11.1 Å². The summed E-state index contributed by atoms with van der Waals surface area (Å²) in [7, 11) is 0. The van der Waals surface area contributed by atoms with E-state index in [0.717, 1.165) is 0 Å². The molecule has 0 N–H and O–H groups in total. The number of hydrogen-bond donors (Lipinski definition) is 0. The Morgan fingerprint density at radius 1 is 0.654 bits per heavy atom. The number of benzene rings is 2. The molecule has 0 heterocycles. The molecule has 0 saturated heterocycles. The van der Waals surface area contributed by atoms with Crippen molar-refractivity contribution in [3.05, 3.63) is 58.1 Å². The first kappa shape index (κ1) is 20.7. The highest BCUT2D eigenvalue weighted by atomic mass is 14.4. The summed E-state index contributed by atoms with van der Waals surface area (Å²) in [6.45, 7) is 23.6. The lowest BCUT2D eigenvalue weighted by Crippen LogP contribution is -2.22. The van der Waals surface area contributed by atoms with Crippen molar-refractivity contribution in [2.75, 3.05) is 0 Å². The van der Waals surface area contributed by atoms with Crippen molar-refractivity contribution < 1.29 is 0 Å². The van der Waals surface area contributed by atoms with E-state index in [1.54, 1.807) is 16.7 Å². The molecule has 0 heteroatoms. The van der Waals surface area contributed by atoms with Crippen LogP contribution in [0.15, 0.2) is 30.3 Å². The van der Waals surface area contributed by atoms with Gasteiger partial charge in [0.05, 0.1) is 0 Å². The van der Waals surface area contributed by atoms with Crippen molar-refractivity contribution in [1.82, 2.24) is 0 Å². The van der Waals surface area contributed by atoms with E-state index in [1.165, 1.54) is 22.3 Å². The molecule has 0 spiro atoms. The molecule has 0 nitrogen and oxygen atoms in total. The van der Waals surface area contributed by atoms with Gasteiger partial charge in [0.15, 0.2) is 0 Å². The molecular weight excluding hydrogens is 312 g/mol. The maximum atomic E-state index is 2.38. The van der Waals surface area contributed by atoms with E-state index >= 15 is 0 Å². The predicted molar refractivity (Wildman–Crippen MR) is 118 cm³/mol. The fraction of sp³-hybridized carbons (Fsp3) is 0.538.